The minimum Gasteiger partial charge on any atom is -0.258 e. The van der Waals surface area contributed by atoms with Gasteiger partial charge in [0.2, 0.25) is 0 Å². The molecule has 0 radical (unpaired) electrons. The molecule has 7 nitrogen and oxygen atoms in total. The second kappa shape index (κ2) is 7.72. The first kappa shape index (κ1) is 19.8. The van der Waals surface area contributed by atoms with Crippen molar-refractivity contribution in [1.29, 1.82) is 0 Å². The van der Waals surface area contributed by atoms with Gasteiger partial charge in [-0.15, -0.1) is 0 Å². The fourth-order valence-electron chi connectivity index (χ4n) is 3.40. The van der Waals surface area contributed by atoms with Crippen molar-refractivity contribution >= 4 is 21.4 Å². The molecule has 1 unspecified atom stereocenters. The number of rotatable bonds is 5. The number of aryl methyl sites for hydroxylation is 1. The highest BCUT2D eigenvalue weighted by Crippen LogP contribution is 2.37. The van der Waals surface area contributed by atoms with E-state index in [1.54, 1.807) is 36.4 Å². The van der Waals surface area contributed by atoms with E-state index in [2.05, 4.69) is 5.10 Å². The average Bonchev–Trinajstić information content (AvgIpc) is 3.21. The molecule has 1 atom stereocenters. The number of hydrogen-bond acceptors (Lipinski definition) is 5. The molecule has 1 heterocycles. The summed E-state index contributed by atoms with van der Waals surface area (Å²) in [5, 5.41) is 15.4. The maximum Gasteiger partial charge on any atom is 0.279 e. The molecule has 0 bridgehead atoms. The van der Waals surface area contributed by atoms with Gasteiger partial charge < -0.3 is 0 Å². The molecule has 8 heteroatoms. The molecule has 3 aromatic carbocycles. The van der Waals surface area contributed by atoms with Crippen molar-refractivity contribution in [1.82, 2.24) is 4.41 Å². The van der Waals surface area contributed by atoms with E-state index >= 15 is 0 Å². The molecule has 0 saturated heterocycles. The fourth-order valence-corrected chi connectivity index (χ4v) is 4.84. The lowest BCUT2D eigenvalue weighted by atomic mass is 9.99. The van der Waals surface area contributed by atoms with Crippen LogP contribution < -0.4 is 0 Å². The first-order valence-corrected chi connectivity index (χ1v) is 10.8. The molecule has 0 saturated carbocycles. The predicted octanol–water partition coefficient (Wildman–Crippen LogP) is 4.44. The van der Waals surface area contributed by atoms with Crippen LogP contribution in [-0.4, -0.2) is 23.5 Å². The molecule has 30 heavy (non-hydrogen) atoms. The normalized spacial score (nSPS) is 16.4. The Morgan fingerprint density at radius 2 is 1.60 bits per heavy atom. The quantitative estimate of drug-likeness (QED) is 0.450. The van der Waals surface area contributed by atoms with Gasteiger partial charge in [0.15, 0.2) is 0 Å². The number of hydrazone groups is 1. The fraction of sp³-hybridized carbons (Fsp3) is 0.136. The van der Waals surface area contributed by atoms with Crippen LogP contribution >= 0.6 is 0 Å². The first-order valence-electron chi connectivity index (χ1n) is 9.34. The van der Waals surface area contributed by atoms with Gasteiger partial charge in [-0.1, -0.05) is 48.0 Å². The zero-order valence-electron chi connectivity index (χ0n) is 16.2. The van der Waals surface area contributed by atoms with Gasteiger partial charge in [0.05, 0.1) is 21.6 Å². The highest BCUT2D eigenvalue weighted by atomic mass is 32.2. The summed E-state index contributed by atoms with van der Waals surface area (Å²) in [6.07, 6.45) is 0.368. The highest BCUT2D eigenvalue weighted by molar-refractivity contribution is 7.89. The summed E-state index contributed by atoms with van der Waals surface area (Å²) in [6, 6.07) is 21.5. The van der Waals surface area contributed by atoms with Crippen molar-refractivity contribution in [3.8, 4) is 0 Å². The van der Waals surface area contributed by atoms with Crippen LogP contribution in [0.4, 0.5) is 5.69 Å². The lowest BCUT2D eigenvalue weighted by Gasteiger charge is -2.23. The van der Waals surface area contributed by atoms with E-state index in [0.29, 0.717) is 17.7 Å². The van der Waals surface area contributed by atoms with Crippen LogP contribution in [0.5, 0.6) is 0 Å². The number of sulfonamides is 1. The van der Waals surface area contributed by atoms with Gasteiger partial charge in [0.1, 0.15) is 0 Å². The Morgan fingerprint density at radius 1 is 0.967 bits per heavy atom. The maximum atomic E-state index is 13.4. The van der Waals surface area contributed by atoms with Gasteiger partial charge in [-0.05, 0) is 42.3 Å². The minimum absolute atomic E-state index is 0.0268. The van der Waals surface area contributed by atoms with Crippen molar-refractivity contribution < 1.29 is 13.3 Å². The molecule has 0 aromatic heterocycles. The lowest BCUT2D eigenvalue weighted by molar-refractivity contribution is -0.384. The first-order chi connectivity index (χ1) is 14.4. The van der Waals surface area contributed by atoms with E-state index in [-0.39, 0.29) is 10.6 Å². The molecule has 1 aliphatic heterocycles. The number of nitro groups is 1. The number of nitrogens with zero attached hydrogens (tertiary/aromatic N) is 3. The Labute approximate surface area is 174 Å². The van der Waals surface area contributed by atoms with Crippen LogP contribution in [0, 0.1) is 17.0 Å². The summed E-state index contributed by atoms with van der Waals surface area (Å²) in [5.41, 5.74) is 2.98. The van der Waals surface area contributed by atoms with Crippen molar-refractivity contribution in [2.45, 2.75) is 24.3 Å². The van der Waals surface area contributed by atoms with E-state index in [0.717, 1.165) is 15.5 Å². The number of nitro benzene ring substituents is 1. The van der Waals surface area contributed by atoms with Gasteiger partial charge in [-0.3, -0.25) is 10.1 Å². The van der Waals surface area contributed by atoms with Gasteiger partial charge in [0, 0.05) is 18.6 Å². The van der Waals surface area contributed by atoms with Crippen LogP contribution in [0.25, 0.3) is 0 Å². The van der Waals surface area contributed by atoms with Crippen LogP contribution in [0.2, 0.25) is 0 Å². The van der Waals surface area contributed by atoms with Crippen LogP contribution in [-0.2, 0) is 10.0 Å². The minimum atomic E-state index is -3.88. The Morgan fingerprint density at radius 3 is 2.20 bits per heavy atom. The zero-order chi connectivity index (χ0) is 21.3. The van der Waals surface area contributed by atoms with E-state index in [9.17, 15) is 18.5 Å². The zero-order valence-corrected chi connectivity index (χ0v) is 17.0. The third kappa shape index (κ3) is 3.69. The van der Waals surface area contributed by atoms with Crippen LogP contribution in [0.15, 0.2) is 88.9 Å². The van der Waals surface area contributed by atoms with E-state index in [1.807, 2.05) is 37.3 Å². The van der Waals surface area contributed by atoms with Gasteiger partial charge >= 0.3 is 0 Å². The molecule has 0 N–H and O–H groups in total. The van der Waals surface area contributed by atoms with E-state index in [1.165, 1.54) is 12.1 Å². The van der Waals surface area contributed by atoms with Crippen molar-refractivity contribution in [3.05, 3.63) is 106 Å². The Hall–Kier alpha value is -3.52. The Bertz CT molecular complexity index is 1210. The molecule has 0 aliphatic carbocycles. The van der Waals surface area contributed by atoms with Crippen molar-refractivity contribution in [2.75, 3.05) is 0 Å². The summed E-state index contributed by atoms with van der Waals surface area (Å²) in [7, 11) is -3.88. The molecule has 1 aliphatic rings. The van der Waals surface area contributed by atoms with Crippen LogP contribution in [0.3, 0.4) is 0 Å². The standard InChI is InChI=1S/C22H19N3O4S/c1-16-7-13-20(14-8-16)30(28,29)24-22(18-5-3-2-4-6-18)15-21(23-24)17-9-11-19(12-10-17)25(26)27/h2-14,22H,15H2,1H3. The molecular formula is C22H19N3O4S. The molecule has 3 aromatic rings. The topological polar surface area (TPSA) is 92.9 Å². The summed E-state index contributed by atoms with van der Waals surface area (Å²) in [4.78, 5) is 10.6. The average molecular weight is 421 g/mol. The predicted molar refractivity (Wildman–Crippen MR) is 114 cm³/mol. The number of non-ortho nitro benzene ring substituents is 1. The third-order valence-electron chi connectivity index (χ3n) is 5.03. The monoisotopic (exact) mass is 421 g/mol. The second-order valence-corrected chi connectivity index (χ2v) is 8.87. The number of hydrogen-bond donors (Lipinski definition) is 0. The largest absolute Gasteiger partial charge is 0.279 e. The molecular weight excluding hydrogens is 402 g/mol. The SMILES string of the molecule is Cc1ccc(S(=O)(=O)N2N=C(c3ccc([N+](=O)[O-])cc3)CC2c2ccccc2)cc1. The lowest BCUT2D eigenvalue weighted by Crippen LogP contribution is -2.27. The maximum absolute atomic E-state index is 13.4. The molecule has 4 rings (SSSR count). The summed E-state index contributed by atoms with van der Waals surface area (Å²) in [6.45, 7) is 1.89. The second-order valence-electron chi connectivity index (χ2n) is 7.07. The van der Waals surface area contributed by atoms with Gasteiger partial charge in [-0.25, -0.2) is 0 Å². The van der Waals surface area contributed by atoms with Crippen molar-refractivity contribution in [2.24, 2.45) is 5.10 Å². The Kier molecular flexibility index (Phi) is 5.09. The highest BCUT2D eigenvalue weighted by Gasteiger charge is 2.37. The van der Waals surface area contributed by atoms with Crippen molar-refractivity contribution in [3.63, 3.8) is 0 Å². The van der Waals surface area contributed by atoms with Gasteiger partial charge in [0.25, 0.3) is 15.7 Å². The summed E-state index contributed by atoms with van der Waals surface area (Å²) >= 11 is 0. The molecule has 0 amide bonds. The number of benzene rings is 3. The van der Waals surface area contributed by atoms with Gasteiger partial charge in [-0.2, -0.15) is 17.9 Å². The summed E-state index contributed by atoms with van der Waals surface area (Å²) in [5.74, 6) is 0. The molecule has 152 valence electrons. The summed E-state index contributed by atoms with van der Waals surface area (Å²) < 4.78 is 27.9. The molecule has 0 fully saturated rings. The van der Waals surface area contributed by atoms with E-state index in [4.69, 9.17) is 0 Å². The smallest absolute Gasteiger partial charge is 0.258 e. The molecule has 0 spiro atoms. The third-order valence-corrected chi connectivity index (χ3v) is 6.73. The Balaban J connectivity index is 1.77. The van der Waals surface area contributed by atoms with E-state index < -0.39 is 21.0 Å². The van der Waals surface area contributed by atoms with Crippen LogP contribution in [0.1, 0.15) is 29.2 Å².